The highest BCUT2D eigenvalue weighted by atomic mass is 16.3. The first kappa shape index (κ1) is 18.2. The van der Waals surface area contributed by atoms with Gasteiger partial charge in [-0.3, -0.25) is 4.90 Å². The monoisotopic (exact) mass is 291 g/mol. The fraction of sp³-hybridized carbons (Fsp3) is 0.684. The molecule has 0 radical (unpaired) electrons. The molecule has 21 heavy (non-hydrogen) atoms. The molecule has 0 aliphatic heterocycles. The van der Waals surface area contributed by atoms with E-state index in [0.29, 0.717) is 0 Å². The maximum absolute atomic E-state index is 9.20. The van der Waals surface area contributed by atoms with E-state index in [-0.39, 0.29) is 6.61 Å². The Morgan fingerprint density at radius 3 is 2.05 bits per heavy atom. The van der Waals surface area contributed by atoms with E-state index in [0.717, 1.165) is 19.6 Å². The summed E-state index contributed by atoms with van der Waals surface area (Å²) in [4.78, 5) is 2.37. The first-order valence-electron chi connectivity index (χ1n) is 8.74. The van der Waals surface area contributed by atoms with Crippen molar-refractivity contribution in [1.29, 1.82) is 0 Å². The summed E-state index contributed by atoms with van der Waals surface area (Å²) < 4.78 is 0. The molecule has 2 nitrogen and oxygen atoms in total. The molecule has 2 heteroatoms. The summed E-state index contributed by atoms with van der Waals surface area (Å²) in [7, 11) is 0. The van der Waals surface area contributed by atoms with Gasteiger partial charge in [-0.15, -0.1) is 0 Å². The third kappa shape index (κ3) is 9.65. The van der Waals surface area contributed by atoms with Gasteiger partial charge in [-0.05, 0) is 18.5 Å². The van der Waals surface area contributed by atoms with Gasteiger partial charge in [0.25, 0.3) is 0 Å². The molecule has 0 fully saturated rings. The smallest absolute Gasteiger partial charge is 0.0558 e. The maximum Gasteiger partial charge on any atom is 0.0558 e. The summed E-state index contributed by atoms with van der Waals surface area (Å²) in [6.07, 6.45) is 10.8. The van der Waals surface area contributed by atoms with E-state index in [1.807, 2.05) is 0 Å². The first-order valence-corrected chi connectivity index (χ1v) is 8.74. The molecule has 0 aromatic heterocycles. The highest BCUT2D eigenvalue weighted by Gasteiger charge is 2.04. The van der Waals surface area contributed by atoms with Crippen molar-refractivity contribution in [2.45, 2.75) is 64.8 Å². The van der Waals surface area contributed by atoms with E-state index in [4.69, 9.17) is 0 Å². The van der Waals surface area contributed by atoms with Crippen LogP contribution in [-0.4, -0.2) is 29.7 Å². The second-order valence-electron chi connectivity index (χ2n) is 5.96. The van der Waals surface area contributed by atoms with Gasteiger partial charge in [0.05, 0.1) is 6.61 Å². The minimum Gasteiger partial charge on any atom is -0.395 e. The quantitative estimate of drug-likeness (QED) is 0.536. The van der Waals surface area contributed by atoms with Gasteiger partial charge in [-0.1, -0.05) is 82.2 Å². The Morgan fingerprint density at radius 2 is 1.43 bits per heavy atom. The summed E-state index contributed by atoms with van der Waals surface area (Å²) in [5, 5.41) is 9.20. The van der Waals surface area contributed by atoms with Crippen molar-refractivity contribution >= 4 is 0 Å². The average molecular weight is 291 g/mol. The Labute approximate surface area is 131 Å². The molecular formula is C19H33NO. The zero-order chi connectivity index (χ0) is 15.2. The molecule has 1 aromatic carbocycles. The molecule has 0 unspecified atom stereocenters. The highest BCUT2D eigenvalue weighted by molar-refractivity contribution is 5.14. The molecule has 0 amide bonds. The van der Waals surface area contributed by atoms with Gasteiger partial charge in [0.2, 0.25) is 0 Å². The zero-order valence-corrected chi connectivity index (χ0v) is 13.8. The van der Waals surface area contributed by atoms with Crippen molar-refractivity contribution in [3.05, 3.63) is 35.9 Å². The Balaban J connectivity index is 2.11. The number of hydrogen-bond donors (Lipinski definition) is 1. The summed E-state index contributed by atoms with van der Waals surface area (Å²) in [6, 6.07) is 10.6. The number of rotatable bonds is 13. The SMILES string of the molecule is CCCCCCCCCCN(CCO)Cc1ccccc1. The number of benzene rings is 1. The number of aliphatic hydroxyl groups excluding tert-OH is 1. The number of unbranched alkanes of at least 4 members (excludes halogenated alkanes) is 7. The highest BCUT2D eigenvalue weighted by Crippen LogP contribution is 2.10. The molecule has 0 bridgehead atoms. The lowest BCUT2D eigenvalue weighted by Crippen LogP contribution is -2.27. The van der Waals surface area contributed by atoms with E-state index in [1.54, 1.807) is 0 Å². The fourth-order valence-electron chi connectivity index (χ4n) is 2.72. The van der Waals surface area contributed by atoms with Crippen molar-refractivity contribution < 1.29 is 5.11 Å². The molecule has 1 rings (SSSR count). The van der Waals surface area contributed by atoms with Crippen LogP contribution in [0.4, 0.5) is 0 Å². The van der Waals surface area contributed by atoms with E-state index < -0.39 is 0 Å². The Kier molecular flexibility index (Phi) is 11.1. The number of nitrogens with zero attached hydrogens (tertiary/aromatic N) is 1. The van der Waals surface area contributed by atoms with Crippen LogP contribution in [-0.2, 0) is 6.54 Å². The normalized spacial score (nSPS) is 11.2. The first-order chi connectivity index (χ1) is 10.4. The molecule has 120 valence electrons. The lowest BCUT2D eigenvalue weighted by atomic mass is 10.1. The van der Waals surface area contributed by atoms with E-state index in [9.17, 15) is 5.11 Å². The van der Waals surface area contributed by atoms with Crippen LogP contribution in [0.5, 0.6) is 0 Å². The molecule has 0 saturated heterocycles. The molecule has 0 spiro atoms. The molecule has 1 N–H and O–H groups in total. The van der Waals surface area contributed by atoms with Crippen LogP contribution < -0.4 is 0 Å². The number of aliphatic hydroxyl groups is 1. The zero-order valence-electron chi connectivity index (χ0n) is 13.8. The average Bonchev–Trinajstić information content (AvgIpc) is 2.51. The van der Waals surface area contributed by atoms with Gasteiger partial charge in [0.1, 0.15) is 0 Å². The van der Waals surface area contributed by atoms with Gasteiger partial charge in [-0.25, -0.2) is 0 Å². The van der Waals surface area contributed by atoms with Crippen LogP contribution in [0.25, 0.3) is 0 Å². The third-order valence-electron chi connectivity index (χ3n) is 3.99. The van der Waals surface area contributed by atoms with Crippen molar-refractivity contribution in [3.63, 3.8) is 0 Å². The van der Waals surface area contributed by atoms with Gasteiger partial charge < -0.3 is 5.11 Å². The van der Waals surface area contributed by atoms with Gasteiger partial charge in [-0.2, -0.15) is 0 Å². The van der Waals surface area contributed by atoms with Crippen LogP contribution in [0, 0.1) is 0 Å². The Hall–Kier alpha value is -0.860. The fourth-order valence-corrected chi connectivity index (χ4v) is 2.72. The Morgan fingerprint density at radius 1 is 0.810 bits per heavy atom. The second-order valence-corrected chi connectivity index (χ2v) is 5.96. The largest absolute Gasteiger partial charge is 0.395 e. The molecule has 0 saturated carbocycles. The van der Waals surface area contributed by atoms with Crippen molar-refractivity contribution in [2.75, 3.05) is 19.7 Å². The molecule has 0 aliphatic carbocycles. The van der Waals surface area contributed by atoms with Crippen LogP contribution in [0.15, 0.2) is 30.3 Å². The maximum atomic E-state index is 9.20. The minimum atomic E-state index is 0.254. The van der Waals surface area contributed by atoms with E-state index in [2.05, 4.69) is 42.2 Å². The number of hydrogen-bond acceptors (Lipinski definition) is 2. The van der Waals surface area contributed by atoms with Gasteiger partial charge in [0, 0.05) is 13.1 Å². The molecule has 0 atom stereocenters. The third-order valence-corrected chi connectivity index (χ3v) is 3.99. The van der Waals surface area contributed by atoms with Crippen molar-refractivity contribution in [1.82, 2.24) is 4.90 Å². The molecule has 1 aromatic rings. The summed E-state index contributed by atoms with van der Waals surface area (Å²) in [6.45, 7) is 5.36. The van der Waals surface area contributed by atoms with Crippen molar-refractivity contribution in [2.24, 2.45) is 0 Å². The second kappa shape index (κ2) is 12.8. The van der Waals surface area contributed by atoms with Gasteiger partial charge in [0.15, 0.2) is 0 Å². The van der Waals surface area contributed by atoms with Crippen LogP contribution in [0.3, 0.4) is 0 Å². The summed E-state index contributed by atoms with van der Waals surface area (Å²) >= 11 is 0. The molecule has 0 aliphatic rings. The predicted octanol–water partition coefficient (Wildman–Crippen LogP) is 4.62. The predicted molar refractivity (Wildman–Crippen MR) is 91.4 cm³/mol. The lowest BCUT2D eigenvalue weighted by Gasteiger charge is -2.21. The standard InChI is InChI=1S/C19H33NO/c1-2-3-4-5-6-7-8-12-15-20(16-17-21)18-19-13-10-9-11-14-19/h9-11,13-14,21H,2-8,12,15-18H2,1H3. The van der Waals surface area contributed by atoms with Crippen LogP contribution in [0.1, 0.15) is 63.9 Å². The minimum absolute atomic E-state index is 0.254. The summed E-state index contributed by atoms with van der Waals surface area (Å²) in [5.74, 6) is 0. The van der Waals surface area contributed by atoms with E-state index in [1.165, 1.54) is 56.9 Å². The lowest BCUT2D eigenvalue weighted by molar-refractivity contribution is 0.187. The van der Waals surface area contributed by atoms with Crippen LogP contribution in [0.2, 0.25) is 0 Å². The van der Waals surface area contributed by atoms with Crippen molar-refractivity contribution in [3.8, 4) is 0 Å². The van der Waals surface area contributed by atoms with Crippen LogP contribution >= 0.6 is 0 Å². The topological polar surface area (TPSA) is 23.5 Å². The summed E-state index contributed by atoms with van der Waals surface area (Å²) in [5.41, 5.74) is 1.34. The Bertz CT molecular complexity index is 326. The molecular weight excluding hydrogens is 258 g/mol. The molecule has 0 heterocycles. The van der Waals surface area contributed by atoms with E-state index >= 15 is 0 Å². The van der Waals surface area contributed by atoms with Gasteiger partial charge >= 0.3 is 0 Å².